The standard InChI is InChI=1S/C9H10O/c1-6-4-8(3)9(10)5-7(6)2/h4-5,10H,2-3H2,1H3. The Morgan fingerprint density at radius 2 is 1.80 bits per heavy atom. The Morgan fingerprint density at radius 3 is 2.30 bits per heavy atom. The van der Waals surface area contributed by atoms with Gasteiger partial charge >= 0.3 is 0 Å². The Morgan fingerprint density at radius 1 is 1.20 bits per heavy atom. The van der Waals surface area contributed by atoms with Gasteiger partial charge in [0.1, 0.15) is 5.75 Å². The number of hydrogen-bond acceptors (Lipinski definition) is 1. The summed E-state index contributed by atoms with van der Waals surface area (Å²) in [5, 5.41) is 9.12. The topological polar surface area (TPSA) is 20.2 Å². The van der Waals surface area contributed by atoms with Gasteiger partial charge in [-0.3, -0.25) is 0 Å². The molecule has 52 valence electrons. The summed E-state index contributed by atoms with van der Waals surface area (Å²) in [6, 6.07) is 3.44. The molecule has 0 fully saturated rings. The van der Waals surface area contributed by atoms with E-state index in [4.69, 9.17) is 5.11 Å². The van der Waals surface area contributed by atoms with Crippen molar-refractivity contribution in [2.24, 2.45) is 0 Å². The molecule has 0 saturated heterocycles. The molecule has 0 aromatic heterocycles. The van der Waals surface area contributed by atoms with E-state index in [9.17, 15) is 0 Å². The van der Waals surface area contributed by atoms with E-state index in [0.717, 1.165) is 11.1 Å². The minimum atomic E-state index is 0.218. The average Bonchev–Trinajstić information content (AvgIpc) is 1.84. The maximum Gasteiger partial charge on any atom is 0.119 e. The second-order valence-corrected chi connectivity index (χ2v) is 2.41. The molecule has 10 heavy (non-hydrogen) atoms. The smallest absolute Gasteiger partial charge is 0.119 e. The van der Waals surface area contributed by atoms with Crippen LogP contribution in [0.5, 0.6) is 5.75 Å². The lowest BCUT2D eigenvalue weighted by molar-refractivity contribution is 0.472. The molecule has 0 saturated carbocycles. The number of phenolic OH excluding ortho intramolecular Hbond substituents is 1. The van der Waals surface area contributed by atoms with Crippen LogP contribution in [0.25, 0.3) is 0 Å². The Kier molecular flexibility index (Phi) is 1.66. The lowest BCUT2D eigenvalue weighted by atomic mass is 10.1. The summed E-state index contributed by atoms with van der Waals surface area (Å²) >= 11 is 0. The van der Waals surface area contributed by atoms with Crippen molar-refractivity contribution in [2.45, 2.75) is 6.92 Å². The van der Waals surface area contributed by atoms with E-state index >= 15 is 0 Å². The molecule has 1 nitrogen and oxygen atoms in total. The highest BCUT2D eigenvalue weighted by Crippen LogP contribution is 2.19. The van der Waals surface area contributed by atoms with Gasteiger partial charge in [-0.2, -0.15) is 0 Å². The van der Waals surface area contributed by atoms with Crippen LogP contribution in [-0.4, -0.2) is 5.11 Å². The highest BCUT2D eigenvalue weighted by molar-refractivity contribution is 5.43. The van der Waals surface area contributed by atoms with Crippen LogP contribution in [0, 0.1) is 20.8 Å². The molecule has 0 atom stereocenters. The van der Waals surface area contributed by atoms with E-state index in [-0.39, 0.29) is 5.75 Å². The third-order valence-corrected chi connectivity index (χ3v) is 1.54. The van der Waals surface area contributed by atoms with E-state index in [1.54, 1.807) is 6.07 Å². The fourth-order valence-electron chi connectivity index (χ4n) is 0.800. The predicted molar refractivity (Wildman–Crippen MR) is 41.8 cm³/mol. The molecule has 0 unspecified atom stereocenters. The fourth-order valence-corrected chi connectivity index (χ4v) is 0.800. The summed E-state index contributed by atoms with van der Waals surface area (Å²) in [6.07, 6.45) is 0. The molecule has 1 heteroatoms. The molecule has 1 aromatic rings. The van der Waals surface area contributed by atoms with Crippen molar-refractivity contribution in [2.75, 3.05) is 0 Å². The lowest BCUT2D eigenvalue weighted by Crippen LogP contribution is -1.82. The largest absolute Gasteiger partial charge is 0.508 e. The monoisotopic (exact) mass is 134 g/mol. The van der Waals surface area contributed by atoms with Gasteiger partial charge in [0.2, 0.25) is 0 Å². The van der Waals surface area contributed by atoms with Crippen LogP contribution in [0.1, 0.15) is 16.7 Å². The van der Waals surface area contributed by atoms with Gasteiger partial charge in [-0.05, 0) is 43.5 Å². The summed E-state index contributed by atoms with van der Waals surface area (Å²) in [7, 11) is 0. The first-order chi connectivity index (χ1) is 4.61. The third-order valence-electron chi connectivity index (χ3n) is 1.54. The number of hydrogen-bond donors (Lipinski definition) is 1. The van der Waals surface area contributed by atoms with Crippen LogP contribution < -0.4 is 0 Å². The molecular weight excluding hydrogens is 124 g/mol. The van der Waals surface area contributed by atoms with Crippen LogP contribution >= 0.6 is 0 Å². The molecule has 1 aromatic carbocycles. The van der Waals surface area contributed by atoms with Crippen LogP contribution in [0.4, 0.5) is 0 Å². The minimum absolute atomic E-state index is 0.218. The van der Waals surface area contributed by atoms with Crippen LogP contribution in [0.15, 0.2) is 12.1 Å². The Balaban J connectivity index is 3.28. The molecule has 0 spiro atoms. The first kappa shape index (κ1) is 7.13. The predicted octanol–water partition coefficient (Wildman–Crippen LogP) is 2.06. The molecule has 0 aliphatic rings. The highest BCUT2D eigenvalue weighted by Gasteiger charge is 1.97. The molecule has 0 aliphatic carbocycles. The average molecular weight is 134 g/mol. The molecule has 0 amide bonds. The van der Waals surface area contributed by atoms with Gasteiger partial charge in [-0.25, -0.2) is 0 Å². The number of aryl methyl sites for hydroxylation is 1. The summed E-state index contributed by atoms with van der Waals surface area (Å²) in [5.74, 6) is 0.218. The second-order valence-electron chi connectivity index (χ2n) is 2.41. The number of benzene rings is 1. The van der Waals surface area contributed by atoms with Crippen LogP contribution in [0.3, 0.4) is 0 Å². The third kappa shape index (κ3) is 1.13. The molecular formula is C9H10O. The van der Waals surface area contributed by atoms with Gasteiger partial charge in [0.25, 0.3) is 0 Å². The zero-order chi connectivity index (χ0) is 7.72. The first-order valence-corrected chi connectivity index (χ1v) is 3.09. The number of rotatable bonds is 0. The van der Waals surface area contributed by atoms with Crippen molar-refractivity contribution in [1.82, 2.24) is 0 Å². The molecule has 0 aliphatic heterocycles. The zero-order valence-electron chi connectivity index (χ0n) is 6.02. The molecule has 1 N–H and O–H groups in total. The summed E-state index contributed by atoms with van der Waals surface area (Å²) in [4.78, 5) is 0. The van der Waals surface area contributed by atoms with Crippen molar-refractivity contribution >= 4 is 0 Å². The van der Waals surface area contributed by atoms with Gasteiger partial charge in [0.15, 0.2) is 0 Å². The van der Waals surface area contributed by atoms with Gasteiger partial charge in [0, 0.05) is 0 Å². The van der Waals surface area contributed by atoms with E-state index in [0.29, 0.717) is 5.56 Å². The molecule has 2 radical (unpaired) electrons. The van der Waals surface area contributed by atoms with Gasteiger partial charge in [-0.1, -0.05) is 6.07 Å². The van der Waals surface area contributed by atoms with Gasteiger partial charge in [0.05, 0.1) is 0 Å². The summed E-state index contributed by atoms with van der Waals surface area (Å²) < 4.78 is 0. The maximum atomic E-state index is 9.12. The molecule has 0 bridgehead atoms. The van der Waals surface area contributed by atoms with E-state index < -0.39 is 0 Å². The molecule has 1 rings (SSSR count). The Hall–Kier alpha value is -0.980. The lowest BCUT2D eigenvalue weighted by Gasteiger charge is -2.02. The van der Waals surface area contributed by atoms with Crippen LogP contribution in [-0.2, 0) is 0 Å². The van der Waals surface area contributed by atoms with Crippen LogP contribution in [0.2, 0.25) is 0 Å². The van der Waals surface area contributed by atoms with Gasteiger partial charge in [-0.15, -0.1) is 0 Å². The van der Waals surface area contributed by atoms with Crippen molar-refractivity contribution in [3.8, 4) is 5.75 Å². The Bertz CT molecular complexity index is 201. The second kappa shape index (κ2) is 2.33. The Labute approximate surface area is 61.3 Å². The quantitative estimate of drug-likeness (QED) is 0.575. The molecule has 0 heterocycles. The number of phenols is 1. The summed E-state index contributed by atoms with van der Waals surface area (Å²) in [6.45, 7) is 9.32. The van der Waals surface area contributed by atoms with E-state index in [1.165, 1.54) is 0 Å². The SMILES string of the molecule is [CH2]c1cc(O)c([CH2])cc1C. The van der Waals surface area contributed by atoms with E-state index in [1.807, 2.05) is 13.0 Å². The van der Waals surface area contributed by atoms with Crippen molar-refractivity contribution in [1.29, 1.82) is 0 Å². The normalized spacial score (nSPS) is 9.90. The number of aromatic hydroxyl groups is 1. The highest BCUT2D eigenvalue weighted by atomic mass is 16.3. The summed E-state index contributed by atoms with van der Waals surface area (Å²) in [5.41, 5.74) is 2.57. The minimum Gasteiger partial charge on any atom is -0.508 e. The first-order valence-electron chi connectivity index (χ1n) is 3.09. The fraction of sp³-hybridized carbons (Fsp3) is 0.111. The van der Waals surface area contributed by atoms with E-state index in [2.05, 4.69) is 13.8 Å². The van der Waals surface area contributed by atoms with Crippen molar-refractivity contribution < 1.29 is 5.11 Å². The van der Waals surface area contributed by atoms with Crippen molar-refractivity contribution in [3.05, 3.63) is 42.7 Å². The van der Waals surface area contributed by atoms with Gasteiger partial charge < -0.3 is 5.11 Å². The van der Waals surface area contributed by atoms with Crippen molar-refractivity contribution in [3.63, 3.8) is 0 Å². The maximum absolute atomic E-state index is 9.12. The zero-order valence-corrected chi connectivity index (χ0v) is 6.02.